The summed E-state index contributed by atoms with van der Waals surface area (Å²) in [5.74, 6) is -0.231. The molecule has 5 heteroatoms. The maximum Gasteiger partial charge on any atom is 0.380 e. The van der Waals surface area contributed by atoms with E-state index in [4.69, 9.17) is 0 Å². The minimum absolute atomic E-state index is 0.231. The van der Waals surface area contributed by atoms with E-state index >= 15 is 0 Å². The number of benzene rings is 1. The van der Waals surface area contributed by atoms with Gasteiger partial charge >= 0.3 is 9.57 Å². The molecule has 1 aromatic carbocycles. The summed E-state index contributed by atoms with van der Waals surface area (Å²) < 4.78 is 26.9. The second-order valence-electron chi connectivity index (χ2n) is 3.63. The second kappa shape index (κ2) is 3.24. The molecule has 1 aliphatic rings. The number of hydrogen-bond donors (Lipinski definition) is 0. The molecule has 1 atom stereocenters. The molecule has 0 amide bonds. The SMILES string of the molecule is C[C@@]1(c2cc(Br)ccc2F)CN1[SiH]=O. The molecule has 0 N–H and O–H groups in total. The van der Waals surface area contributed by atoms with Crippen molar-refractivity contribution in [3.8, 4) is 0 Å². The molecule has 0 aromatic heterocycles. The van der Waals surface area contributed by atoms with Crippen LogP contribution in [0.3, 0.4) is 0 Å². The summed E-state index contributed by atoms with van der Waals surface area (Å²) in [7, 11) is -0.959. The third-order valence-electron chi connectivity index (χ3n) is 2.64. The molecule has 74 valence electrons. The molecule has 2 rings (SSSR count). The minimum Gasteiger partial charge on any atom is -0.366 e. The van der Waals surface area contributed by atoms with Crippen molar-refractivity contribution in [1.29, 1.82) is 0 Å². The van der Waals surface area contributed by atoms with E-state index in [0.29, 0.717) is 12.1 Å². The number of nitrogens with zero attached hydrogens (tertiary/aromatic N) is 1. The van der Waals surface area contributed by atoms with Crippen molar-refractivity contribution in [2.24, 2.45) is 0 Å². The Bertz CT molecular complexity index is 400. The highest BCUT2D eigenvalue weighted by atomic mass is 79.9. The first-order chi connectivity index (χ1) is 6.58. The zero-order valence-electron chi connectivity index (χ0n) is 7.63. The zero-order chi connectivity index (χ0) is 10.3. The number of halogens is 2. The first-order valence-electron chi connectivity index (χ1n) is 4.25. The van der Waals surface area contributed by atoms with Crippen LogP contribution in [0.4, 0.5) is 4.39 Å². The van der Waals surface area contributed by atoms with E-state index in [9.17, 15) is 8.85 Å². The Morgan fingerprint density at radius 3 is 2.93 bits per heavy atom. The summed E-state index contributed by atoms with van der Waals surface area (Å²) in [6, 6.07) is 4.85. The van der Waals surface area contributed by atoms with E-state index in [2.05, 4.69) is 15.9 Å². The van der Waals surface area contributed by atoms with Crippen molar-refractivity contribution in [3.05, 3.63) is 34.1 Å². The molecule has 1 fully saturated rings. The van der Waals surface area contributed by atoms with Gasteiger partial charge in [0.25, 0.3) is 0 Å². The van der Waals surface area contributed by atoms with Gasteiger partial charge in [-0.3, -0.25) is 0 Å². The van der Waals surface area contributed by atoms with Gasteiger partial charge in [-0.05, 0) is 25.1 Å². The molecule has 14 heavy (non-hydrogen) atoms. The van der Waals surface area contributed by atoms with Crippen molar-refractivity contribution in [2.45, 2.75) is 12.5 Å². The molecule has 0 radical (unpaired) electrons. The van der Waals surface area contributed by atoms with E-state index < -0.39 is 9.57 Å². The average molecular weight is 274 g/mol. The van der Waals surface area contributed by atoms with Gasteiger partial charge in [-0.1, -0.05) is 15.9 Å². The van der Waals surface area contributed by atoms with Crippen LogP contribution < -0.4 is 0 Å². The first kappa shape index (κ1) is 9.98. The van der Waals surface area contributed by atoms with Crippen molar-refractivity contribution in [1.82, 2.24) is 4.57 Å². The lowest BCUT2D eigenvalue weighted by Gasteiger charge is -2.11. The highest BCUT2D eigenvalue weighted by Gasteiger charge is 2.49. The monoisotopic (exact) mass is 273 g/mol. The van der Waals surface area contributed by atoms with E-state index in [1.54, 1.807) is 16.7 Å². The fraction of sp³-hybridized carbons (Fsp3) is 0.333. The predicted octanol–water partition coefficient (Wildman–Crippen LogP) is 1.82. The normalized spacial score (nSPS) is 24.9. The highest BCUT2D eigenvalue weighted by Crippen LogP contribution is 2.42. The molecular formula is C9H9BrFNOSi. The van der Waals surface area contributed by atoms with Gasteiger partial charge < -0.3 is 9.03 Å². The fourth-order valence-corrected chi connectivity index (χ4v) is 2.76. The molecule has 0 aliphatic carbocycles. The van der Waals surface area contributed by atoms with Gasteiger partial charge in [-0.25, -0.2) is 4.39 Å². The maximum absolute atomic E-state index is 13.5. The Hall–Kier alpha value is -0.553. The third-order valence-corrected chi connectivity index (χ3v) is 4.14. The lowest BCUT2D eigenvalue weighted by molar-refractivity contribution is 0.503. The standard InChI is InChI=1S/C9H9BrFNOSi/c1-9(5-12(9)14-13)7-4-6(10)2-3-8(7)11/h2-4,14H,5H2,1H3/t9-,12?/m0/s1. The maximum atomic E-state index is 13.5. The summed E-state index contributed by atoms with van der Waals surface area (Å²) in [4.78, 5) is 0. The van der Waals surface area contributed by atoms with Crippen LogP contribution >= 0.6 is 15.9 Å². The first-order valence-corrected chi connectivity index (χ1v) is 6.03. The highest BCUT2D eigenvalue weighted by molar-refractivity contribution is 9.10. The summed E-state index contributed by atoms with van der Waals surface area (Å²) in [6.45, 7) is 2.59. The van der Waals surface area contributed by atoms with Gasteiger partial charge in [-0.2, -0.15) is 0 Å². The molecule has 0 unspecified atom stereocenters. The second-order valence-corrected chi connectivity index (χ2v) is 5.38. The molecule has 1 aliphatic heterocycles. The van der Waals surface area contributed by atoms with Crippen molar-refractivity contribution >= 4 is 25.5 Å². The Labute approximate surface area is 92.2 Å². The Balaban J connectivity index is 2.42. The van der Waals surface area contributed by atoms with Crippen molar-refractivity contribution < 1.29 is 8.85 Å². The quantitative estimate of drug-likeness (QED) is 0.605. The van der Waals surface area contributed by atoms with Gasteiger partial charge in [-0.15, -0.1) is 0 Å². The molecular weight excluding hydrogens is 265 g/mol. The van der Waals surface area contributed by atoms with E-state index in [-0.39, 0.29) is 11.4 Å². The van der Waals surface area contributed by atoms with Crippen LogP contribution in [0.2, 0.25) is 0 Å². The Morgan fingerprint density at radius 1 is 1.64 bits per heavy atom. The van der Waals surface area contributed by atoms with Crippen LogP contribution in [0, 0.1) is 5.82 Å². The average Bonchev–Trinajstić information content (AvgIpc) is 2.83. The topological polar surface area (TPSA) is 20.1 Å². The summed E-state index contributed by atoms with van der Waals surface area (Å²) in [5, 5.41) is 0. The summed E-state index contributed by atoms with van der Waals surface area (Å²) in [5.41, 5.74) is 0.264. The molecule has 1 heterocycles. The minimum atomic E-state index is -0.959. The molecule has 1 saturated heterocycles. The van der Waals surface area contributed by atoms with Gasteiger partial charge in [0.1, 0.15) is 5.82 Å². The van der Waals surface area contributed by atoms with E-state index in [1.807, 2.05) is 6.92 Å². The van der Waals surface area contributed by atoms with Crippen LogP contribution in [0.15, 0.2) is 22.7 Å². The smallest absolute Gasteiger partial charge is 0.366 e. The van der Waals surface area contributed by atoms with Crippen LogP contribution in [-0.4, -0.2) is 20.7 Å². The lowest BCUT2D eigenvalue weighted by atomic mass is 10.0. The van der Waals surface area contributed by atoms with Gasteiger partial charge in [0.05, 0.1) is 5.54 Å². The molecule has 0 saturated carbocycles. The Kier molecular flexibility index (Phi) is 2.31. The fourth-order valence-electron chi connectivity index (χ4n) is 1.60. The van der Waals surface area contributed by atoms with E-state index in [1.165, 1.54) is 6.07 Å². The van der Waals surface area contributed by atoms with Crippen LogP contribution in [0.1, 0.15) is 12.5 Å². The summed E-state index contributed by atoms with van der Waals surface area (Å²) >= 11 is 3.30. The van der Waals surface area contributed by atoms with Gasteiger partial charge in [0.15, 0.2) is 0 Å². The third kappa shape index (κ3) is 1.44. The lowest BCUT2D eigenvalue weighted by Crippen LogP contribution is -2.13. The molecule has 2 nitrogen and oxygen atoms in total. The Morgan fingerprint density at radius 2 is 2.36 bits per heavy atom. The van der Waals surface area contributed by atoms with Crippen LogP contribution in [-0.2, 0) is 10.0 Å². The van der Waals surface area contributed by atoms with Crippen LogP contribution in [0.25, 0.3) is 0 Å². The van der Waals surface area contributed by atoms with Crippen molar-refractivity contribution in [3.63, 3.8) is 0 Å². The predicted molar refractivity (Wildman–Crippen MR) is 56.0 cm³/mol. The molecule has 1 aromatic rings. The van der Waals surface area contributed by atoms with Crippen LogP contribution in [0.5, 0.6) is 0 Å². The number of rotatable bonds is 2. The van der Waals surface area contributed by atoms with Gasteiger partial charge in [0, 0.05) is 16.6 Å². The van der Waals surface area contributed by atoms with Gasteiger partial charge in [0.2, 0.25) is 0 Å². The van der Waals surface area contributed by atoms with Crippen molar-refractivity contribution in [2.75, 3.05) is 6.54 Å². The summed E-state index contributed by atoms with van der Waals surface area (Å²) in [6.07, 6.45) is 0. The molecule has 0 spiro atoms. The zero-order valence-corrected chi connectivity index (χ0v) is 10.4. The molecule has 0 bridgehead atoms. The number of hydrogen-bond acceptors (Lipinski definition) is 1. The van der Waals surface area contributed by atoms with E-state index in [0.717, 1.165) is 4.47 Å². The largest absolute Gasteiger partial charge is 0.380 e.